The van der Waals surface area contributed by atoms with E-state index < -0.39 is 11.5 Å². The van der Waals surface area contributed by atoms with Crippen LogP contribution in [-0.2, 0) is 17.4 Å². The lowest BCUT2D eigenvalue weighted by molar-refractivity contribution is -0.146. The van der Waals surface area contributed by atoms with Gasteiger partial charge in [-0.05, 0) is 30.3 Å². The first-order valence-corrected chi connectivity index (χ1v) is 4.95. The summed E-state index contributed by atoms with van der Waals surface area (Å²) in [6.45, 7) is 3.05. The number of aromatic nitrogens is 6. The highest BCUT2D eigenvalue weighted by Crippen LogP contribution is 2.21. The third-order valence-corrected chi connectivity index (χ3v) is 2.47. The lowest BCUT2D eigenvalue weighted by Crippen LogP contribution is -2.37. The van der Waals surface area contributed by atoms with Crippen LogP contribution >= 0.6 is 0 Å². The van der Waals surface area contributed by atoms with E-state index in [0.29, 0.717) is 11.5 Å². The number of aryl methyl sites for hydroxylation is 1. The van der Waals surface area contributed by atoms with Gasteiger partial charge in [0.05, 0.1) is 0 Å². The summed E-state index contributed by atoms with van der Waals surface area (Å²) in [5.41, 5.74) is -0.692. The molecular formula is C9H12N6O2. The Morgan fingerprint density at radius 3 is 2.71 bits per heavy atom. The van der Waals surface area contributed by atoms with Gasteiger partial charge >= 0.3 is 5.97 Å². The van der Waals surface area contributed by atoms with Crippen molar-refractivity contribution in [3.8, 4) is 11.5 Å². The fraction of sp³-hybridized carbons (Fsp3) is 0.444. The van der Waals surface area contributed by atoms with Gasteiger partial charge in [0.2, 0.25) is 5.82 Å². The molecule has 8 heteroatoms. The predicted octanol–water partition coefficient (Wildman–Crippen LogP) is -0.107. The van der Waals surface area contributed by atoms with Crippen molar-refractivity contribution in [3.05, 3.63) is 12.3 Å². The van der Waals surface area contributed by atoms with E-state index in [-0.39, 0.29) is 0 Å². The number of carboxylic acids is 1. The molecule has 0 aliphatic rings. The van der Waals surface area contributed by atoms with E-state index in [0.717, 1.165) is 0 Å². The van der Waals surface area contributed by atoms with Crippen LogP contribution in [0, 0.1) is 0 Å². The maximum Gasteiger partial charge on any atom is 0.331 e. The minimum Gasteiger partial charge on any atom is -0.479 e. The van der Waals surface area contributed by atoms with Crippen molar-refractivity contribution >= 4 is 5.97 Å². The largest absolute Gasteiger partial charge is 0.479 e. The van der Waals surface area contributed by atoms with Crippen LogP contribution in [0.4, 0.5) is 0 Å². The first-order chi connectivity index (χ1) is 7.93. The van der Waals surface area contributed by atoms with Gasteiger partial charge in [-0.3, -0.25) is 4.68 Å². The highest BCUT2D eigenvalue weighted by atomic mass is 16.4. The van der Waals surface area contributed by atoms with Gasteiger partial charge < -0.3 is 5.11 Å². The van der Waals surface area contributed by atoms with E-state index in [1.165, 1.54) is 18.5 Å². The van der Waals surface area contributed by atoms with Gasteiger partial charge in [-0.2, -0.15) is 5.10 Å². The second-order valence-electron chi connectivity index (χ2n) is 4.15. The third-order valence-electron chi connectivity index (χ3n) is 2.47. The van der Waals surface area contributed by atoms with Gasteiger partial charge in [0, 0.05) is 13.2 Å². The number of nitrogens with zero attached hydrogens (tertiary/aromatic N) is 6. The quantitative estimate of drug-likeness (QED) is 0.798. The molecule has 0 bridgehead atoms. The second-order valence-corrected chi connectivity index (χ2v) is 4.15. The molecule has 0 amide bonds. The van der Waals surface area contributed by atoms with Crippen LogP contribution in [0.2, 0.25) is 0 Å². The van der Waals surface area contributed by atoms with E-state index in [1.807, 2.05) is 0 Å². The molecule has 8 nitrogen and oxygen atoms in total. The normalized spacial score (nSPS) is 11.7. The monoisotopic (exact) mass is 236 g/mol. The average Bonchev–Trinajstić information content (AvgIpc) is 2.84. The lowest BCUT2D eigenvalue weighted by atomic mass is 10.1. The van der Waals surface area contributed by atoms with Crippen LogP contribution < -0.4 is 0 Å². The summed E-state index contributed by atoms with van der Waals surface area (Å²) in [4.78, 5) is 11.2. The van der Waals surface area contributed by atoms with Crippen molar-refractivity contribution in [2.75, 3.05) is 0 Å². The Hall–Kier alpha value is -2.25. The molecule has 2 aromatic rings. The van der Waals surface area contributed by atoms with E-state index in [4.69, 9.17) is 5.11 Å². The van der Waals surface area contributed by atoms with Crippen LogP contribution in [0.15, 0.2) is 12.3 Å². The van der Waals surface area contributed by atoms with E-state index in [2.05, 4.69) is 20.6 Å². The molecule has 0 aliphatic carbocycles. The van der Waals surface area contributed by atoms with Crippen molar-refractivity contribution in [2.24, 2.45) is 7.05 Å². The molecule has 90 valence electrons. The Morgan fingerprint density at radius 1 is 1.47 bits per heavy atom. The average molecular weight is 236 g/mol. The number of carboxylic acid groups (broad SMARTS) is 1. The zero-order valence-electron chi connectivity index (χ0n) is 9.69. The van der Waals surface area contributed by atoms with Crippen LogP contribution in [0.5, 0.6) is 0 Å². The van der Waals surface area contributed by atoms with Crippen molar-refractivity contribution in [3.63, 3.8) is 0 Å². The number of rotatable bonds is 3. The summed E-state index contributed by atoms with van der Waals surface area (Å²) in [6, 6.07) is 1.72. The molecule has 0 radical (unpaired) electrons. The molecule has 0 saturated carbocycles. The number of tetrazole rings is 1. The molecule has 0 spiro atoms. The first-order valence-electron chi connectivity index (χ1n) is 4.95. The molecule has 0 unspecified atom stereocenters. The standard InChI is InChI=1S/C9H12N6O2/c1-9(2,8(16)17)15-7(10-12-13-15)6-4-5-14(3)11-6/h4-5H,1-3H3,(H,16,17). The van der Waals surface area contributed by atoms with Gasteiger partial charge in [0.25, 0.3) is 0 Å². The summed E-state index contributed by atoms with van der Waals surface area (Å²) < 4.78 is 2.85. The van der Waals surface area contributed by atoms with Crippen molar-refractivity contribution in [1.29, 1.82) is 0 Å². The van der Waals surface area contributed by atoms with E-state index in [9.17, 15) is 4.79 Å². The summed E-state index contributed by atoms with van der Waals surface area (Å²) >= 11 is 0. The maximum absolute atomic E-state index is 11.2. The highest BCUT2D eigenvalue weighted by Gasteiger charge is 2.34. The highest BCUT2D eigenvalue weighted by molar-refractivity contribution is 5.76. The van der Waals surface area contributed by atoms with Crippen LogP contribution in [0.25, 0.3) is 11.5 Å². The van der Waals surface area contributed by atoms with Gasteiger partial charge in [0.1, 0.15) is 5.69 Å². The molecule has 0 atom stereocenters. The smallest absolute Gasteiger partial charge is 0.331 e. The number of aliphatic carboxylic acids is 1. The Balaban J connectivity index is 2.52. The van der Waals surface area contributed by atoms with Gasteiger partial charge in [-0.15, -0.1) is 5.10 Å². The topological polar surface area (TPSA) is 98.7 Å². The first kappa shape index (κ1) is 11.2. The zero-order valence-corrected chi connectivity index (χ0v) is 9.69. The lowest BCUT2D eigenvalue weighted by Gasteiger charge is -2.19. The Morgan fingerprint density at radius 2 is 2.18 bits per heavy atom. The van der Waals surface area contributed by atoms with Crippen molar-refractivity contribution in [2.45, 2.75) is 19.4 Å². The second kappa shape index (κ2) is 3.65. The van der Waals surface area contributed by atoms with E-state index >= 15 is 0 Å². The predicted molar refractivity (Wildman–Crippen MR) is 57.0 cm³/mol. The summed E-state index contributed by atoms with van der Waals surface area (Å²) in [5, 5.41) is 24.3. The van der Waals surface area contributed by atoms with Gasteiger partial charge in [0.15, 0.2) is 5.54 Å². The molecule has 2 heterocycles. The molecule has 0 aromatic carbocycles. The number of carbonyl (C=O) groups is 1. The zero-order chi connectivity index (χ0) is 12.6. The van der Waals surface area contributed by atoms with Crippen molar-refractivity contribution < 1.29 is 9.90 Å². The molecule has 0 aliphatic heterocycles. The minimum atomic E-state index is -1.23. The fourth-order valence-electron chi connectivity index (χ4n) is 1.35. The summed E-state index contributed by atoms with van der Waals surface area (Å²) in [5.74, 6) is -0.681. The molecule has 2 aromatic heterocycles. The molecule has 1 N–H and O–H groups in total. The maximum atomic E-state index is 11.2. The Labute approximate surface area is 96.9 Å². The SMILES string of the molecule is Cn1ccc(-c2nnnn2C(C)(C)C(=O)O)n1. The molecular weight excluding hydrogens is 224 g/mol. The van der Waals surface area contributed by atoms with Crippen molar-refractivity contribution in [1.82, 2.24) is 30.0 Å². The van der Waals surface area contributed by atoms with Gasteiger partial charge in [-0.25, -0.2) is 9.48 Å². The summed E-state index contributed by atoms with van der Waals surface area (Å²) in [7, 11) is 1.76. The van der Waals surface area contributed by atoms with Crippen LogP contribution in [0.3, 0.4) is 0 Å². The third kappa shape index (κ3) is 1.77. The molecule has 2 rings (SSSR count). The Kier molecular flexibility index (Phi) is 2.41. The molecule has 0 saturated heterocycles. The van der Waals surface area contributed by atoms with Crippen LogP contribution in [0.1, 0.15) is 13.8 Å². The summed E-state index contributed by atoms with van der Waals surface area (Å²) in [6.07, 6.45) is 1.74. The Bertz CT molecular complexity index is 555. The van der Waals surface area contributed by atoms with Gasteiger partial charge in [-0.1, -0.05) is 0 Å². The fourth-order valence-corrected chi connectivity index (χ4v) is 1.35. The number of hydrogen-bond acceptors (Lipinski definition) is 5. The van der Waals surface area contributed by atoms with Crippen LogP contribution in [-0.4, -0.2) is 41.1 Å². The van der Waals surface area contributed by atoms with E-state index in [1.54, 1.807) is 24.0 Å². The minimum absolute atomic E-state index is 0.331. The molecule has 17 heavy (non-hydrogen) atoms. The molecule has 0 fully saturated rings. The number of hydrogen-bond donors (Lipinski definition) is 1.